The number of ether oxygens (including phenoxy) is 4. The number of aromatic carboxylic acids is 1. The number of amides is 1. The second kappa shape index (κ2) is 51.6. The number of piperidine rings is 4. The molecule has 0 radical (unpaired) electrons. The fraction of sp³-hybridized carbons (Fsp3) is 0.426. The van der Waals surface area contributed by atoms with E-state index in [0.29, 0.717) is 111 Å². The molecular weight excluding hydrogens is 2010 g/mol. The predicted molar refractivity (Wildman–Crippen MR) is 516 cm³/mol. The minimum Gasteiger partial charge on any atom is -0.478 e. The first-order valence-corrected chi connectivity index (χ1v) is 45.5. The molecule has 0 unspecified atom stereocenters. The molecule has 7 N–H and O–H groups in total. The first-order chi connectivity index (χ1) is 70.7. The number of primary amides is 1. The molecule has 16 rings (SSSR count). The van der Waals surface area contributed by atoms with Crippen LogP contribution in [0.5, 0.6) is 47.6 Å². The van der Waals surface area contributed by atoms with Gasteiger partial charge in [-0.25, -0.2) is 43.9 Å². The van der Waals surface area contributed by atoms with Gasteiger partial charge in [0, 0.05) is 110 Å². The number of aliphatic carboxylic acids is 4. The second-order valence-electron chi connectivity index (χ2n) is 32.8. The van der Waals surface area contributed by atoms with Crippen molar-refractivity contribution in [2.45, 2.75) is 183 Å². The Morgan fingerprint density at radius 3 is 0.880 bits per heavy atom. The van der Waals surface area contributed by atoms with Crippen LogP contribution in [0.1, 0.15) is 148 Å². The number of carboxylic acids is 5. The average molecular weight is 2110 g/mol. The van der Waals surface area contributed by atoms with Crippen LogP contribution in [0, 0.1) is 75.1 Å². The summed E-state index contributed by atoms with van der Waals surface area (Å²) in [7, 11) is 6.42. The van der Waals surface area contributed by atoms with Gasteiger partial charge in [-0.3, -0.25) is 60.5 Å². The highest BCUT2D eigenvalue weighted by molar-refractivity contribution is 5.93. The zero-order valence-electron chi connectivity index (χ0n) is 82.5. The summed E-state index contributed by atoms with van der Waals surface area (Å²) < 4.78 is 163. The van der Waals surface area contributed by atoms with E-state index < -0.39 is 60.5 Å². The molecule has 0 aliphatic carbocycles. The highest BCUT2D eigenvalue weighted by Crippen LogP contribution is 2.35. The van der Waals surface area contributed by atoms with Crippen molar-refractivity contribution in [2.24, 2.45) is 33.9 Å². The normalized spacial score (nSPS) is 13.3. The monoisotopic (exact) mass is 2110 g/mol. The van der Waals surface area contributed by atoms with Crippen molar-refractivity contribution in [3.63, 3.8) is 0 Å². The van der Waals surface area contributed by atoms with Crippen LogP contribution in [0.15, 0.2) is 80.1 Å². The van der Waals surface area contributed by atoms with Crippen molar-refractivity contribution in [3.05, 3.63) is 136 Å². The number of hydrogen-bond acceptors (Lipinski definition) is 30. The average Bonchev–Trinajstić information content (AvgIpc) is 1.61. The maximum absolute atomic E-state index is 13.4. The van der Waals surface area contributed by atoms with E-state index in [2.05, 4.69) is 117 Å². The Hall–Kier alpha value is -17.4. The number of rotatable bonds is 18. The molecule has 14 heterocycles. The standard InChI is InChI=1S/C24H27N5O4.C22H24N6O3.C21H25N7O2.C19H21N7O2.4C2HF3O2/c1-5-6-12-29-18-20(25-23(29)28-10-8-7-9-11-28)26-24(27(4)21(18)30)33-19-15(2)13-17(22(31)32)14-16(19)3;1-3-4-13-28-17-19(24-21(28)27-11-6-5-7-12-27)25-22(26(2)20(17)30)31-16-10-8-9-15(14-16)18(23)29;1-5-6-12-28-16-17(24-20(28)27-10-8-7-9-11-27)25-21(26(4)18(16)29)30-19-22-14(2)13-15(3)23-19;1-3-4-13-26-14-15(22-18(26)25-11-6-5-7-12-25)23-19(24(2)16(14)27)28-17-20-9-8-10-21-17;4*3-2(4,5)1(6)7/h13-14H,7-12H2,1-4H3,(H,31,32);8-10,14H,5-7,11-13H2,1-2H3,(H2,23,29);13H,7-12H2,1-4H3;8-10H,5-7,11-13H2,1-2H3;4*(H,6,7). The van der Waals surface area contributed by atoms with Gasteiger partial charge in [0.1, 0.15) is 11.5 Å². The van der Waals surface area contributed by atoms with Crippen LogP contribution in [0.2, 0.25) is 0 Å². The number of carboxylic acid groups (broad SMARTS) is 5. The third-order valence-corrected chi connectivity index (χ3v) is 22.0. The highest BCUT2D eigenvalue weighted by Gasteiger charge is 2.41. The Kier molecular flexibility index (Phi) is 40.0. The van der Waals surface area contributed by atoms with Gasteiger partial charge in [0.05, 0.1) is 31.7 Å². The highest BCUT2D eigenvalue weighted by atomic mass is 19.4. The largest absolute Gasteiger partial charge is 0.490 e. The van der Waals surface area contributed by atoms with Crippen LogP contribution in [0.3, 0.4) is 0 Å². The number of nitrogens with zero attached hydrogens (tertiary/aromatic N) is 24. The molecule has 0 bridgehead atoms. The molecule has 4 aliphatic heterocycles. The van der Waals surface area contributed by atoms with E-state index in [0.717, 1.165) is 127 Å². The number of imidazole rings is 4. The van der Waals surface area contributed by atoms with Gasteiger partial charge >= 0.3 is 90.6 Å². The minimum absolute atomic E-state index is 0.0792. The number of halogens is 12. The summed E-state index contributed by atoms with van der Waals surface area (Å²) in [6.45, 7) is 23.0. The molecule has 150 heavy (non-hydrogen) atoms. The Bertz CT molecular complexity index is 7350. The molecule has 1 amide bonds. The number of benzene rings is 2. The minimum atomic E-state index is -5.08. The summed E-state index contributed by atoms with van der Waals surface area (Å²) in [6.07, 6.45) is -3.69. The molecule has 2 aromatic carbocycles. The summed E-state index contributed by atoms with van der Waals surface area (Å²) in [5.74, 6) is 14.8. The third kappa shape index (κ3) is 30.4. The smallest absolute Gasteiger partial charge is 0.478 e. The number of hydrogen-bond donors (Lipinski definition) is 6. The SMILES string of the molecule is CC#CCn1c(N2CCCCC2)nc2nc(Oc3c(C)cc(C(=O)O)cc3C)n(C)c(=O)c21.CC#CCn1c(N2CCCCC2)nc2nc(Oc3cccc(C(N)=O)c3)n(C)c(=O)c21.CC#CCn1c(N2CCCCC2)nc2nc(Oc3nc(C)cc(C)n3)n(C)c(=O)c21.CC#CCn1c(N2CCCCC2)nc2nc(Oc3ncccn3)n(C)c(=O)c21.O=C(O)C(F)(F)F.O=C(O)C(F)(F)F.O=C(O)C(F)(F)F.O=C(O)C(F)(F)F. The molecule has 4 aliphatic rings. The van der Waals surface area contributed by atoms with Crippen molar-refractivity contribution < 1.29 is 126 Å². The quantitative estimate of drug-likeness (QED) is 0.0343. The van der Waals surface area contributed by atoms with Gasteiger partial charge in [0.15, 0.2) is 44.7 Å². The van der Waals surface area contributed by atoms with Crippen molar-refractivity contribution >= 4 is 104 Å². The molecular formula is C94H101F12N25O19. The lowest BCUT2D eigenvalue weighted by Crippen LogP contribution is -2.32. The van der Waals surface area contributed by atoms with Gasteiger partial charge in [-0.15, -0.1) is 23.7 Å². The van der Waals surface area contributed by atoms with Gasteiger partial charge in [0.25, 0.3) is 22.2 Å². The van der Waals surface area contributed by atoms with E-state index in [1.54, 1.807) is 106 Å². The van der Waals surface area contributed by atoms with Gasteiger partial charge in [0.2, 0.25) is 29.7 Å². The first kappa shape index (κ1) is 116. The van der Waals surface area contributed by atoms with Crippen LogP contribution in [0.25, 0.3) is 44.7 Å². The lowest BCUT2D eigenvalue weighted by atomic mass is 10.1. The van der Waals surface area contributed by atoms with Crippen molar-refractivity contribution in [3.8, 4) is 94.9 Å². The zero-order valence-corrected chi connectivity index (χ0v) is 82.5. The number of aromatic nitrogens is 20. The fourth-order valence-electron chi connectivity index (χ4n) is 14.8. The number of nitrogens with two attached hydrogens (primary N) is 1. The van der Waals surface area contributed by atoms with Crippen LogP contribution in [-0.4, -0.2) is 235 Å². The molecule has 44 nitrogen and oxygen atoms in total. The van der Waals surface area contributed by atoms with E-state index in [4.69, 9.17) is 74.3 Å². The van der Waals surface area contributed by atoms with Crippen LogP contribution in [-0.2, 0) is 73.5 Å². The van der Waals surface area contributed by atoms with Crippen LogP contribution in [0.4, 0.5) is 76.5 Å². The maximum Gasteiger partial charge on any atom is 0.490 e. The molecule has 56 heteroatoms. The van der Waals surface area contributed by atoms with Crippen molar-refractivity contribution in [1.82, 2.24) is 96.3 Å². The third-order valence-electron chi connectivity index (χ3n) is 22.0. The van der Waals surface area contributed by atoms with Gasteiger partial charge in [-0.1, -0.05) is 29.7 Å². The number of carbonyl (C=O) groups excluding carboxylic acids is 1. The number of carbonyl (C=O) groups is 6. The Balaban J connectivity index is 0.000000204. The van der Waals surface area contributed by atoms with Crippen molar-refractivity contribution in [1.29, 1.82) is 0 Å². The molecule has 800 valence electrons. The van der Waals surface area contributed by atoms with Crippen molar-refractivity contribution in [2.75, 3.05) is 72.0 Å². The predicted octanol–water partition coefficient (Wildman–Crippen LogP) is 11.9. The lowest BCUT2D eigenvalue weighted by molar-refractivity contribution is -0.193. The van der Waals surface area contributed by atoms with Crippen LogP contribution < -0.4 is 66.5 Å². The van der Waals surface area contributed by atoms with Gasteiger partial charge < -0.3 is 69.8 Å². The molecule has 0 spiro atoms. The van der Waals surface area contributed by atoms with E-state index in [9.17, 15) is 86.6 Å². The molecule has 4 fully saturated rings. The Labute approximate surface area is 843 Å². The van der Waals surface area contributed by atoms with E-state index in [1.807, 2.05) is 38.2 Å². The molecule has 12 aromatic rings. The summed E-state index contributed by atoms with van der Waals surface area (Å²) in [4.78, 5) is 173. The molecule has 4 saturated heterocycles. The summed E-state index contributed by atoms with van der Waals surface area (Å²) >= 11 is 0. The zero-order chi connectivity index (χ0) is 111. The first-order valence-electron chi connectivity index (χ1n) is 45.5. The van der Waals surface area contributed by atoms with Gasteiger partial charge in [-0.05, 0) is 186 Å². The summed E-state index contributed by atoms with van der Waals surface area (Å²) in [6, 6.07) is 13.7. The summed E-state index contributed by atoms with van der Waals surface area (Å²) in [5.41, 5.74) is 10.5. The molecule has 0 saturated carbocycles. The molecule has 10 aromatic heterocycles. The number of alkyl halides is 12. The number of anilines is 4. The lowest BCUT2D eigenvalue weighted by Gasteiger charge is -2.27. The van der Waals surface area contributed by atoms with Crippen LogP contribution >= 0.6 is 0 Å². The molecule has 0 atom stereocenters. The summed E-state index contributed by atoms with van der Waals surface area (Å²) in [5, 5.41) is 37.8. The van der Waals surface area contributed by atoms with E-state index in [1.165, 1.54) is 62.2 Å². The maximum atomic E-state index is 13.4. The van der Waals surface area contributed by atoms with E-state index >= 15 is 0 Å². The Morgan fingerprint density at radius 1 is 0.353 bits per heavy atom. The topological polar surface area (TPSA) is 542 Å². The fourth-order valence-corrected chi connectivity index (χ4v) is 14.8. The second-order valence-corrected chi connectivity index (χ2v) is 32.8. The number of aryl methyl sites for hydroxylation is 4. The van der Waals surface area contributed by atoms with Gasteiger partial charge in [-0.2, -0.15) is 92.6 Å². The number of fused-ring (bicyclic) bond motifs is 4. The van der Waals surface area contributed by atoms with E-state index in [-0.39, 0.29) is 63.9 Å². The Morgan fingerprint density at radius 2 is 0.620 bits per heavy atom.